The highest BCUT2D eigenvalue weighted by atomic mass is 19.1. The Morgan fingerprint density at radius 2 is 1.85 bits per heavy atom. The zero-order valence-electron chi connectivity index (χ0n) is 11.4. The minimum Gasteiger partial charge on any atom is -0.479 e. The summed E-state index contributed by atoms with van der Waals surface area (Å²) in [7, 11) is 1.72. The zero-order valence-corrected chi connectivity index (χ0v) is 11.4. The van der Waals surface area contributed by atoms with Crippen molar-refractivity contribution in [3.05, 3.63) is 65.5 Å². The van der Waals surface area contributed by atoms with Crippen molar-refractivity contribution in [3.8, 4) is 0 Å². The molecule has 104 valence electrons. The predicted molar refractivity (Wildman–Crippen MR) is 76.4 cm³/mol. The van der Waals surface area contributed by atoms with Gasteiger partial charge in [0.25, 0.3) is 0 Å². The fourth-order valence-corrected chi connectivity index (χ4v) is 2.18. The van der Waals surface area contributed by atoms with Crippen LogP contribution in [0.15, 0.2) is 48.5 Å². The summed E-state index contributed by atoms with van der Waals surface area (Å²) in [6.07, 6.45) is 0. The van der Waals surface area contributed by atoms with Crippen molar-refractivity contribution >= 4 is 11.7 Å². The van der Waals surface area contributed by atoms with Gasteiger partial charge in [0.1, 0.15) is 5.82 Å². The SMILES string of the molecule is Cc1cc(C(C(=O)O)N(C)c2ccccc2)ccc1F. The monoisotopic (exact) mass is 273 g/mol. The van der Waals surface area contributed by atoms with Gasteiger partial charge in [-0.1, -0.05) is 30.3 Å². The van der Waals surface area contributed by atoms with Gasteiger partial charge >= 0.3 is 5.97 Å². The summed E-state index contributed by atoms with van der Waals surface area (Å²) < 4.78 is 13.3. The van der Waals surface area contributed by atoms with Crippen molar-refractivity contribution in [1.82, 2.24) is 0 Å². The quantitative estimate of drug-likeness (QED) is 0.928. The molecule has 0 bridgehead atoms. The van der Waals surface area contributed by atoms with Crippen LogP contribution in [-0.2, 0) is 4.79 Å². The standard InChI is InChI=1S/C16H16FNO2/c1-11-10-12(8-9-14(11)17)15(16(19)20)18(2)13-6-4-3-5-7-13/h3-10,15H,1-2H3,(H,19,20). The maximum Gasteiger partial charge on any atom is 0.331 e. The molecular weight excluding hydrogens is 257 g/mol. The van der Waals surface area contributed by atoms with E-state index in [9.17, 15) is 14.3 Å². The lowest BCUT2D eigenvalue weighted by Crippen LogP contribution is -2.30. The largest absolute Gasteiger partial charge is 0.479 e. The van der Waals surface area contributed by atoms with Crippen molar-refractivity contribution in [2.24, 2.45) is 0 Å². The molecule has 0 fully saturated rings. The lowest BCUT2D eigenvalue weighted by Gasteiger charge is -2.27. The van der Waals surface area contributed by atoms with E-state index in [2.05, 4.69) is 0 Å². The van der Waals surface area contributed by atoms with Crippen LogP contribution in [0.2, 0.25) is 0 Å². The van der Waals surface area contributed by atoms with Crippen LogP contribution in [0, 0.1) is 12.7 Å². The number of anilines is 1. The molecule has 0 amide bonds. The highest BCUT2D eigenvalue weighted by Gasteiger charge is 2.25. The molecule has 2 aromatic rings. The molecule has 2 rings (SSSR count). The van der Waals surface area contributed by atoms with Crippen LogP contribution in [-0.4, -0.2) is 18.1 Å². The molecule has 0 aliphatic rings. The second kappa shape index (κ2) is 5.74. The lowest BCUT2D eigenvalue weighted by atomic mass is 10.0. The molecule has 3 nitrogen and oxygen atoms in total. The number of benzene rings is 2. The summed E-state index contributed by atoms with van der Waals surface area (Å²) in [6.45, 7) is 1.63. The van der Waals surface area contributed by atoms with Crippen LogP contribution in [0.4, 0.5) is 10.1 Å². The molecule has 0 saturated carbocycles. The van der Waals surface area contributed by atoms with Gasteiger partial charge in [0, 0.05) is 12.7 Å². The van der Waals surface area contributed by atoms with Crippen LogP contribution in [0.1, 0.15) is 17.2 Å². The van der Waals surface area contributed by atoms with Crippen LogP contribution >= 0.6 is 0 Å². The smallest absolute Gasteiger partial charge is 0.331 e. The Hall–Kier alpha value is -2.36. The van der Waals surface area contributed by atoms with Crippen LogP contribution in [0.25, 0.3) is 0 Å². The second-order valence-corrected chi connectivity index (χ2v) is 4.70. The molecule has 0 radical (unpaired) electrons. The molecule has 2 aromatic carbocycles. The summed E-state index contributed by atoms with van der Waals surface area (Å²) in [5, 5.41) is 9.48. The van der Waals surface area contributed by atoms with E-state index in [-0.39, 0.29) is 5.82 Å². The number of aliphatic carboxylic acids is 1. The van der Waals surface area contributed by atoms with E-state index in [1.54, 1.807) is 24.9 Å². The third kappa shape index (κ3) is 2.79. The lowest BCUT2D eigenvalue weighted by molar-refractivity contribution is -0.138. The number of hydrogen-bond acceptors (Lipinski definition) is 2. The summed E-state index contributed by atoms with van der Waals surface area (Å²) in [5.74, 6) is -1.30. The van der Waals surface area contributed by atoms with E-state index in [1.165, 1.54) is 12.1 Å². The van der Waals surface area contributed by atoms with E-state index in [4.69, 9.17) is 0 Å². The van der Waals surface area contributed by atoms with Gasteiger partial charge in [-0.25, -0.2) is 9.18 Å². The average Bonchev–Trinajstić information content (AvgIpc) is 2.43. The Labute approximate surface area is 117 Å². The first-order valence-electron chi connectivity index (χ1n) is 6.27. The van der Waals surface area contributed by atoms with Crippen LogP contribution in [0.5, 0.6) is 0 Å². The van der Waals surface area contributed by atoms with Gasteiger partial charge in [0.05, 0.1) is 0 Å². The van der Waals surface area contributed by atoms with E-state index >= 15 is 0 Å². The first kappa shape index (κ1) is 14.1. The Balaban J connectivity index is 2.41. The minimum absolute atomic E-state index is 0.333. The third-order valence-electron chi connectivity index (χ3n) is 3.28. The van der Waals surface area contributed by atoms with Crippen molar-refractivity contribution in [3.63, 3.8) is 0 Å². The maximum atomic E-state index is 13.3. The number of likely N-dealkylation sites (N-methyl/N-ethyl adjacent to an activating group) is 1. The maximum absolute atomic E-state index is 13.3. The van der Waals surface area contributed by atoms with Crippen LogP contribution < -0.4 is 4.90 Å². The molecule has 1 N–H and O–H groups in total. The number of halogens is 1. The van der Waals surface area contributed by atoms with E-state index in [0.29, 0.717) is 11.1 Å². The predicted octanol–water partition coefficient (Wildman–Crippen LogP) is 3.40. The fraction of sp³-hybridized carbons (Fsp3) is 0.188. The number of hydrogen-bond donors (Lipinski definition) is 1. The zero-order chi connectivity index (χ0) is 14.7. The summed E-state index contributed by atoms with van der Waals surface area (Å²) in [6, 6.07) is 12.8. The first-order valence-corrected chi connectivity index (χ1v) is 6.27. The van der Waals surface area contributed by atoms with E-state index in [0.717, 1.165) is 5.69 Å². The average molecular weight is 273 g/mol. The Morgan fingerprint density at radius 3 is 2.40 bits per heavy atom. The molecule has 20 heavy (non-hydrogen) atoms. The molecule has 1 atom stereocenters. The summed E-state index contributed by atoms with van der Waals surface area (Å²) in [5.41, 5.74) is 1.79. The van der Waals surface area contributed by atoms with Gasteiger partial charge in [-0.3, -0.25) is 0 Å². The van der Waals surface area contributed by atoms with Gasteiger partial charge < -0.3 is 10.0 Å². The number of nitrogens with zero attached hydrogens (tertiary/aromatic N) is 1. The molecule has 1 unspecified atom stereocenters. The number of carbonyl (C=O) groups is 1. The van der Waals surface area contributed by atoms with Gasteiger partial charge in [-0.2, -0.15) is 0 Å². The molecule has 0 saturated heterocycles. The van der Waals surface area contributed by atoms with Crippen molar-refractivity contribution < 1.29 is 14.3 Å². The number of aryl methyl sites for hydroxylation is 1. The Bertz CT molecular complexity index is 613. The van der Waals surface area contributed by atoms with Crippen LogP contribution in [0.3, 0.4) is 0 Å². The van der Waals surface area contributed by atoms with E-state index < -0.39 is 12.0 Å². The Kier molecular flexibility index (Phi) is 4.03. The van der Waals surface area contributed by atoms with Crippen molar-refractivity contribution in [1.29, 1.82) is 0 Å². The number of carboxylic acids is 1. The number of rotatable bonds is 4. The topological polar surface area (TPSA) is 40.5 Å². The highest BCUT2D eigenvalue weighted by Crippen LogP contribution is 2.26. The molecule has 0 aromatic heterocycles. The van der Waals surface area contributed by atoms with Crippen molar-refractivity contribution in [2.45, 2.75) is 13.0 Å². The third-order valence-corrected chi connectivity index (χ3v) is 3.28. The van der Waals surface area contributed by atoms with Gasteiger partial charge in [-0.05, 0) is 36.2 Å². The second-order valence-electron chi connectivity index (χ2n) is 4.70. The highest BCUT2D eigenvalue weighted by molar-refractivity contribution is 5.80. The van der Waals surface area contributed by atoms with E-state index in [1.807, 2.05) is 30.3 Å². The fourth-order valence-electron chi connectivity index (χ4n) is 2.18. The minimum atomic E-state index is -0.970. The first-order chi connectivity index (χ1) is 9.50. The Morgan fingerprint density at radius 1 is 1.20 bits per heavy atom. The molecule has 0 heterocycles. The summed E-state index contributed by atoms with van der Waals surface area (Å²) >= 11 is 0. The van der Waals surface area contributed by atoms with Gasteiger partial charge in [-0.15, -0.1) is 0 Å². The van der Waals surface area contributed by atoms with Gasteiger partial charge in [0.2, 0.25) is 0 Å². The van der Waals surface area contributed by atoms with Gasteiger partial charge in [0.15, 0.2) is 6.04 Å². The molecular formula is C16H16FNO2. The number of carboxylic acid groups (broad SMARTS) is 1. The number of para-hydroxylation sites is 1. The normalized spacial score (nSPS) is 11.9. The summed E-state index contributed by atoms with van der Waals surface area (Å²) in [4.78, 5) is 13.2. The molecule has 0 spiro atoms. The molecule has 0 aliphatic carbocycles. The molecule has 4 heteroatoms. The van der Waals surface area contributed by atoms with Crippen molar-refractivity contribution in [2.75, 3.05) is 11.9 Å². The molecule has 0 aliphatic heterocycles.